The number of anilines is 1. The van der Waals surface area contributed by atoms with Gasteiger partial charge in [-0.05, 0) is 30.0 Å². The van der Waals surface area contributed by atoms with Crippen molar-refractivity contribution in [3.8, 4) is 5.75 Å². The van der Waals surface area contributed by atoms with Crippen molar-refractivity contribution < 1.29 is 4.74 Å². The van der Waals surface area contributed by atoms with Gasteiger partial charge in [-0.1, -0.05) is 44.2 Å². The minimum Gasteiger partial charge on any atom is -0.495 e. The predicted octanol–water partition coefficient (Wildman–Crippen LogP) is 5.36. The van der Waals surface area contributed by atoms with Gasteiger partial charge in [0.15, 0.2) is 0 Å². The van der Waals surface area contributed by atoms with Crippen molar-refractivity contribution in [1.29, 1.82) is 0 Å². The van der Waals surface area contributed by atoms with Gasteiger partial charge >= 0.3 is 0 Å². The molecule has 2 aromatic carbocycles. The van der Waals surface area contributed by atoms with E-state index in [-0.39, 0.29) is 0 Å². The van der Waals surface area contributed by atoms with Gasteiger partial charge in [-0.25, -0.2) is 0 Å². The number of para-hydroxylation sites is 2. The van der Waals surface area contributed by atoms with Gasteiger partial charge in [0, 0.05) is 28.7 Å². The summed E-state index contributed by atoms with van der Waals surface area (Å²) in [5.41, 5.74) is 11.4. The molecule has 0 atom stereocenters. The predicted molar refractivity (Wildman–Crippen MR) is 106 cm³/mol. The lowest BCUT2D eigenvalue weighted by atomic mass is 10.0. The number of rotatable bonds is 2. The van der Waals surface area contributed by atoms with Crippen LogP contribution < -0.4 is 10.5 Å². The van der Waals surface area contributed by atoms with Crippen molar-refractivity contribution in [2.24, 2.45) is 0 Å². The Bertz CT molecular complexity index is 995. The first kappa shape index (κ1) is 17.0. The molecule has 0 saturated heterocycles. The van der Waals surface area contributed by atoms with Crippen LogP contribution in [-0.2, 0) is 0 Å². The van der Waals surface area contributed by atoms with E-state index >= 15 is 0 Å². The fourth-order valence-electron chi connectivity index (χ4n) is 3.12. The number of aromatic nitrogens is 2. The molecule has 4 N–H and O–H groups in total. The molecular formula is C21H25N3O. The summed E-state index contributed by atoms with van der Waals surface area (Å²) in [4.78, 5) is 6.40. The molecule has 2 aromatic heterocycles. The van der Waals surface area contributed by atoms with Crippen LogP contribution in [0.1, 0.15) is 30.9 Å². The average molecular weight is 335 g/mol. The fraction of sp³-hybridized carbons (Fsp3) is 0.238. The molecule has 0 spiro atoms. The summed E-state index contributed by atoms with van der Waals surface area (Å²) >= 11 is 0. The van der Waals surface area contributed by atoms with Crippen LogP contribution >= 0.6 is 0 Å². The van der Waals surface area contributed by atoms with Gasteiger partial charge in [0.05, 0.1) is 18.3 Å². The van der Waals surface area contributed by atoms with E-state index in [1.54, 1.807) is 13.3 Å². The average Bonchev–Trinajstić information content (AvgIpc) is 3.20. The van der Waals surface area contributed by atoms with E-state index in [1.165, 1.54) is 22.0 Å². The standard InChI is InChI=1S/C12H15N.C9H10N2O/c1-8(2)11-7-13-12-9(3)5-4-6-10(11)12;1-12-8-4-2-3-6-7(10)5-11-9(6)8/h4-8,13H,1-3H3;2-5,11H,10H2,1H3. The SMILES string of the molecule is COc1cccc2c(N)c[nH]c12.Cc1cccc2c(C(C)C)c[nH]c12. The van der Waals surface area contributed by atoms with Gasteiger partial charge < -0.3 is 20.4 Å². The molecule has 4 rings (SSSR count). The van der Waals surface area contributed by atoms with Crippen LogP contribution in [-0.4, -0.2) is 17.1 Å². The highest BCUT2D eigenvalue weighted by Gasteiger charge is 2.07. The van der Waals surface area contributed by atoms with E-state index in [1.807, 2.05) is 18.2 Å². The van der Waals surface area contributed by atoms with E-state index in [0.29, 0.717) is 5.92 Å². The maximum absolute atomic E-state index is 5.71. The number of ether oxygens (including phenoxy) is 1. The molecule has 0 radical (unpaired) electrons. The molecule has 0 fully saturated rings. The molecule has 4 heteroatoms. The number of nitrogen functional groups attached to an aromatic ring is 1. The minimum absolute atomic E-state index is 0.593. The Morgan fingerprint density at radius 3 is 2.32 bits per heavy atom. The van der Waals surface area contributed by atoms with Crippen molar-refractivity contribution >= 4 is 27.5 Å². The molecule has 4 aromatic rings. The number of benzene rings is 2. The number of aromatic amines is 2. The van der Waals surface area contributed by atoms with Crippen LogP contribution in [0.5, 0.6) is 5.75 Å². The van der Waals surface area contributed by atoms with Crippen molar-refractivity contribution in [2.75, 3.05) is 12.8 Å². The number of hydrogen-bond acceptors (Lipinski definition) is 2. The zero-order valence-corrected chi connectivity index (χ0v) is 15.2. The number of nitrogens with one attached hydrogen (secondary N) is 2. The van der Waals surface area contributed by atoms with E-state index < -0.39 is 0 Å². The van der Waals surface area contributed by atoms with E-state index in [9.17, 15) is 0 Å². The van der Waals surface area contributed by atoms with Crippen LogP contribution in [0.15, 0.2) is 48.8 Å². The normalized spacial score (nSPS) is 10.9. The Balaban J connectivity index is 0.000000146. The maximum Gasteiger partial charge on any atom is 0.142 e. The first-order valence-corrected chi connectivity index (χ1v) is 8.49. The quantitative estimate of drug-likeness (QED) is 0.462. The highest BCUT2D eigenvalue weighted by atomic mass is 16.5. The van der Waals surface area contributed by atoms with E-state index in [4.69, 9.17) is 10.5 Å². The first-order chi connectivity index (χ1) is 12.0. The minimum atomic E-state index is 0.593. The Labute approximate surface area is 148 Å². The van der Waals surface area contributed by atoms with Gasteiger partial charge in [0.25, 0.3) is 0 Å². The second kappa shape index (κ2) is 6.93. The van der Waals surface area contributed by atoms with Crippen LogP contribution in [0.25, 0.3) is 21.8 Å². The topological polar surface area (TPSA) is 66.8 Å². The molecule has 2 heterocycles. The van der Waals surface area contributed by atoms with Crippen molar-refractivity contribution in [1.82, 2.24) is 9.97 Å². The summed E-state index contributed by atoms with van der Waals surface area (Å²) in [6.45, 7) is 6.60. The van der Waals surface area contributed by atoms with Gasteiger partial charge in [-0.2, -0.15) is 0 Å². The molecule has 0 aliphatic carbocycles. The monoisotopic (exact) mass is 335 g/mol. The van der Waals surface area contributed by atoms with Gasteiger partial charge in [0.2, 0.25) is 0 Å². The third kappa shape index (κ3) is 3.20. The number of H-pyrrole nitrogens is 2. The van der Waals surface area contributed by atoms with E-state index in [0.717, 1.165) is 22.3 Å². The number of fused-ring (bicyclic) bond motifs is 2. The molecule has 0 aliphatic heterocycles. The molecule has 0 aliphatic rings. The lowest BCUT2D eigenvalue weighted by Gasteiger charge is -2.02. The van der Waals surface area contributed by atoms with Gasteiger partial charge in [-0.15, -0.1) is 0 Å². The van der Waals surface area contributed by atoms with Crippen LogP contribution in [0.3, 0.4) is 0 Å². The van der Waals surface area contributed by atoms with E-state index in [2.05, 4.69) is 55.1 Å². The molecule has 130 valence electrons. The fourth-order valence-corrected chi connectivity index (χ4v) is 3.12. The van der Waals surface area contributed by atoms with Crippen molar-refractivity contribution in [2.45, 2.75) is 26.7 Å². The summed E-state index contributed by atoms with van der Waals surface area (Å²) in [5.74, 6) is 1.42. The largest absolute Gasteiger partial charge is 0.495 e. The van der Waals surface area contributed by atoms with Crippen LogP contribution in [0.2, 0.25) is 0 Å². The highest BCUT2D eigenvalue weighted by molar-refractivity contribution is 5.94. The zero-order valence-electron chi connectivity index (χ0n) is 15.2. The lowest BCUT2D eigenvalue weighted by molar-refractivity contribution is 0.419. The van der Waals surface area contributed by atoms with Crippen molar-refractivity contribution in [3.05, 3.63) is 59.9 Å². The van der Waals surface area contributed by atoms with Gasteiger partial charge in [-0.3, -0.25) is 0 Å². The van der Waals surface area contributed by atoms with Crippen LogP contribution in [0.4, 0.5) is 5.69 Å². The molecule has 4 nitrogen and oxygen atoms in total. The molecule has 0 amide bonds. The number of aryl methyl sites for hydroxylation is 1. The number of hydrogen-bond donors (Lipinski definition) is 3. The Morgan fingerprint density at radius 1 is 0.920 bits per heavy atom. The highest BCUT2D eigenvalue weighted by Crippen LogP contribution is 2.28. The zero-order chi connectivity index (χ0) is 18.0. The lowest BCUT2D eigenvalue weighted by Crippen LogP contribution is -1.84. The summed E-state index contributed by atoms with van der Waals surface area (Å²) in [6, 6.07) is 12.2. The molecular weight excluding hydrogens is 310 g/mol. The smallest absolute Gasteiger partial charge is 0.142 e. The maximum atomic E-state index is 5.71. The third-order valence-electron chi connectivity index (χ3n) is 4.51. The number of methoxy groups -OCH3 is 1. The Morgan fingerprint density at radius 2 is 1.60 bits per heavy atom. The molecule has 25 heavy (non-hydrogen) atoms. The summed E-state index contributed by atoms with van der Waals surface area (Å²) in [6.07, 6.45) is 3.90. The third-order valence-corrected chi connectivity index (χ3v) is 4.51. The first-order valence-electron chi connectivity index (χ1n) is 8.49. The number of nitrogens with two attached hydrogens (primary N) is 1. The van der Waals surface area contributed by atoms with Crippen molar-refractivity contribution in [3.63, 3.8) is 0 Å². The summed E-state index contributed by atoms with van der Waals surface area (Å²) in [5, 5.41) is 2.38. The Kier molecular flexibility index (Phi) is 4.70. The summed E-state index contributed by atoms with van der Waals surface area (Å²) < 4.78 is 5.15. The molecule has 0 bridgehead atoms. The molecule has 0 saturated carbocycles. The Hall–Kier alpha value is -2.88. The second-order valence-electron chi connectivity index (χ2n) is 6.52. The van der Waals surface area contributed by atoms with Crippen LogP contribution in [0, 0.1) is 6.92 Å². The van der Waals surface area contributed by atoms with Gasteiger partial charge in [0.1, 0.15) is 5.75 Å². The molecule has 0 unspecified atom stereocenters. The summed E-state index contributed by atoms with van der Waals surface area (Å²) in [7, 11) is 1.64. The second-order valence-corrected chi connectivity index (χ2v) is 6.52.